The highest BCUT2D eigenvalue weighted by atomic mass is 32.2. The van der Waals surface area contributed by atoms with Crippen molar-refractivity contribution >= 4 is 10.0 Å². The van der Waals surface area contributed by atoms with Crippen LogP contribution in [0.15, 0.2) is 17.0 Å². The third-order valence-electron chi connectivity index (χ3n) is 4.34. The van der Waals surface area contributed by atoms with Crippen LogP contribution in [0.2, 0.25) is 0 Å². The monoisotopic (exact) mass is 395 g/mol. The number of sulfonamides is 1. The number of rotatable bonds is 3. The van der Waals surface area contributed by atoms with E-state index in [0.29, 0.717) is 29.7 Å². The van der Waals surface area contributed by atoms with Crippen LogP contribution >= 0.6 is 0 Å². The minimum atomic E-state index is -4.73. The number of hydrogen-bond donors (Lipinski definition) is 1. The quantitative estimate of drug-likeness (QED) is 0.810. The van der Waals surface area contributed by atoms with Crippen molar-refractivity contribution in [3.8, 4) is 11.3 Å². The number of aromatic nitrogens is 2. The third-order valence-corrected chi connectivity index (χ3v) is 5.30. The van der Waals surface area contributed by atoms with Gasteiger partial charge in [-0.05, 0) is 25.0 Å². The van der Waals surface area contributed by atoms with Gasteiger partial charge in [-0.25, -0.2) is 31.4 Å². The molecule has 0 unspecified atom stereocenters. The van der Waals surface area contributed by atoms with E-state index in [1.165, 1.54) is 0 Å². The van der Waals surface area contributed by atoms with E-state index in [0.717, 1.165) is 6.42 Å². The van der Waals surface area contributed by atoms with Crippen molar-refractivity contribution in [1.29, 1.82) is 0 Å². The van der Waals surface area contributed by atoms with Crippen molar-refractivity contribution in [1.82, 2.24) is 9.78 Å². The molecule has 0 spiro atoms. The maximum Gasteiger partial charge on any atom is 0.269 e. The molecular weight excluding hydrogens is 381 g/mol. The van der Waals surface area contributed by atoms with Crippen LogP contribution in [0.4, 0.5) is 22.0 Å². The molecular formula is C15H14F5N3O2S. The minimum absolute atomic E-state index is 0.0687. The molecule has 1 saturated carbocycles. The number of nitrogens with two attached hydrogens (primary N) is 1. The smallest absolute Gasteiger partial charge is 0.224 e. The zero-order valence-corrected chi connectivity index (χ0v) is 14.1. The molecule has 1 fully saturated rings. The Morgan fingerprint density at radius 2 is 1.58 bits per heavy atom. The van der Waals surface area contributed by atoms with Crippen LogP contribution in [0, 0.1) is 23.4 Å². The molecule has 1 heterocycles. The summed E-state index contributed by atoms with van der Waals surface area (Å²) < 4.78 is 94.2. The number of nitrogens with zero attached hydrogens (tertiary/aromatic N) is 2. The van der Waals surface area contributed by atoms with Crippen LogP contribution < -0.4 is 5.14 Å². The Kier molecular flexibility index (Phi) is 4.55. The summed E-state index contributed by atoms with van der Waals surface area (Å²) in [6, 6.07) is 0.899. The van der Waals surface area contributed by atoms with Crippen molar-refractivity contribution in [2.75, 3.05) is 0 Å². The fourth-order valence-corrected chi connectivity index (χ4v) is 3.85. The summed E-state index contributed by atoms with van der Waals surface area (Å²) in [5, 5.41) is 7.95. The zero-order valence-electron chi connectivity index (χ0n) is 13.3. The molecule has 3 rings (SSSR count). The normalized spacial score (nSPS) is 17.5. The van der Waals surface area contributed by atoms with Crippen LogP contribution in [0.25, 0.3) is 11.3 Å². The second kappa shape index (κ2) is 6.31. The second-order valence-electron chi connectivity index (χ2n) is 6.16. The Labute approximate surface area is 145 Å². The Bertz CT molecular complexity index is 945. The van der Waals surface area contributed by atoms with Crippen LogP contribution in [0.1, 0.15) is 32.1 Å². The highest BCUT2D eigenvalue weighted by Crippen LogP contribution is 2.40. The molecule has 0 amide bonds. The first-order chi connectivity index (χ1) is 12.0. The molecule has 26 heavy (non-hydrogen) atoms. The topological polar surface area (TPSA) is 78.0 Å². The minimum Gasteiger partial charge on any atom is -0.224 e. The highest BCUT2D eigenvalue weighted by Gasteiger charge is 2.39. The van der Waals surface area contributed by atoms with Crippen molar-refractivity contribution in [3.63, 3.8) is 0 Å². The van der Waals surface area contributed by atoms with Crippen molar-refractivity contribution < 1.29 is 30.4 Å². The van der Waals surface area contributed by atoms with E-state index in [1.807, 2.05) is 0 Å². The number of alkyl halides is 1. The van der Waals surface area contributed by atoms with E-state index >= 15 is 4.39 Å². The lowest BCUT2D eigenvalue weighted by molar-refractivity contribution is 0.0111. The van der Waals surface area contributed by atoms with E-state index in [2.05, 4.69) is 5.10 Å². The summed E-state index contributed by atoms with van der Waals surface area (Å²) in [6.07, 6.45) is 1.50. The average molecular weight is 395 g/mol. The van der Waals surface area contributed by atoms with Crippen molar-refractivity contribution in [3.05, 3.63) is 35.5 Å². The first-order valence-electron chi connectivity index (χ1n) is 7.70. The van der Waals surface area contributed by atoms with E-state index < -0.39 is 55.4 Å². The fraction of sp³-hybridized carbons (Fsp3) is 0.400. The predicted octanol–water partition coefficient (Wildman–Crippen LogP) is 3.34. The molecule has 1 aliphatic rings. The Balaban J connectivity index is 2.22. The molecule has 11 heteroatoms. The van der Waals surface area contributed by atoms with Crippen molar-refractivity contribution in [2.45, 2.75) is 42.8 Å². The van der Waals surface area contributed by atoms with E-state index in [1.54, 1.807) is 0 Å². The summed E-state index contributed by atoms with van der Waals surface area (Å²) in [4.78, 5) is -1.42. The largest absolute Gasteiger partial charge is 0.269 e. The molecule has 1 aromatic heterocycles. The SMILES string of the molecule is NS(=O)(=O)c1c(F)cc(-c2c(F)c(F)nn2C2(F)CCCCC2)cc1F. The van der Waals surface area contributed by atoms with Gasteiger partial charge in [0, 0.05) is 18.4 Å². The Morgan fingerprint density at radius 3 is 2.08 bits per heavy atom. The Hall–Kier alpha value is -2.01. The van der Waals surface area contributed by atoms with E-state index in [9.17, 15) is 26.0 Å². The maximum absolute atomic E-state index is 15.2. The van der Waals surface area contributed by atoms with E-state index in [-0.39, 0.29) is 12.8 Å². The summed E-state index contributed by atoms with van der Waals surface area (Å²) in [7, 11) is -4.73. The fourth-order valence-electron chi connectivity index (χ4n) is 3.19. The van der Waals surface area contributed by atoms with E-state index in [4.69, 9.17) is 5.14 Å². The van der Waals surface area contributed by atoms with Gasteiger partial charge in [0.15, 0.2) is 4.90 Å². The molecule has 0 aliphatic heterocycles. The van der Waals surface area contributed by atoms with Gasteiger partial charge < -0.3 is 0 Å². The number of benzene rings is 1. The molecule has 1 aromatic carbocycles. The molecule has 2 N–H and O–H groups in total. The lowest BCUT2D eigenvalue weighted by Crippen LogP contribution is -2.32. The molecule has 0 atom stereocenters. The summed E-state index contributed by atoms with van der Waals surface area (Å²) >= 11 is 0. The summed E-state index contributed by atoms with van der Waals surface area (Å²) in [6.45, 7) is 0. The molecule has 1 aliphatic carbocycles. The number of halogens is 5. The lowest BCUT2D eigenvalue weighted by Gasteiger charge is -2.31. The maximum atomic E-state index is 15.2. The molecule has 142 valence electrons. The van der Waals surface area contributed by atoms with Gasteiger partial charge in [0.2, 0.25) is 21.6 Å². The highest BCUT2D eigenvalue weighted by molar-refractivity contribution is 7.89. The number of primary sulfonamides is 1. The Morgan fingerprint density at radius 1 is 1.04 bits per heavy atom. The molecule has 5 nitrogen and oxygen atoms in total. The van der Waals surface area contributed by atoms with Crippen LogP contribution in [0.5, 0.6) is 0 Å². The van der Waals surface area contributed by atoms with Gasteiger partial charge in [-0.2, -0.15) is 8.78 Å². The van der Waals surface area contributed by atoms with Crippen LogP contribution in [-0.4, -0.2) is 18.2 Å². The van der Waals surface area contributed by atoms with Gasteiger partial charge in [-0.1, -0.05) is 6.42 Å². The summed E-state index contributed by atoms with van der Waals surface area (Å²) in [5.41, 5.74) is -1.39. The molecule has 0 bridgehead atoms. The average Bonchev–Trinajstić information content (AvgIpc) is 2.82. The first-order valence-corrected chi connectivity index (χ1v) is 9.25. The predicted molar refractivity (Wildman–Crippen MR) is 81.0 cm³/mol. The molecule has 2 aromatic rings. The van der Waals surface area contributed by atoms with Gasteiger partial charge in [0.25, 0.3) is 5.95 Å². The van der Waals surface area contributed by atoms with Gasteiger partial charge in [0.05, 0.1) is 0 Å². The van der Waals surface area contributed by atoms with Crippen molar-refractivity contribution in [2.24, 2.45) is 5.14 Å². The van der Waals surface area contributed by atoms with Crippen LogP contribution in [0.3, 0.4) is 0 Å². The second-order valence-corrected chi connectivity index (χ2v) is 7.66. The first kappa shape index (κ1) is 18.8. The van der Waals surface area contributed by atoms with Gasteiger partial charge in [-0.15, -0.1) is 5.10 Å². The number of hydrogen-bond acceptors (Lipinski definition) is 3. The standard InChI is InChI=1S/C15H14F5N3O2S/c16-9-6-8(7-10(17)13(9)26(21,24)25)12-11(18)14(19)22-23(12)15(20)4-2-1-3-5-15/h6-7H,1-5H2,(H2,21,24,25). The zero-order chi connectivity index (χ0) is 19.3. The third kappa shape index (κ3) is 3.09. The molecule has 0 saturated heterocycles. The summed E-state index contributed by atoms with van der Waals surface area (Å²) in [5.74, 6) is -8.64. The van der Waals surface area contributed by atoms with Crippen LogP contribution in [-0.2, 0) is 15.8 Å². The van der Waals surface area contributed by atoms with Gasteiger partial charge in [0.1, 0.15) is 17.3 Å². The molecule has 0 radical (unpaired) electrons. The lowest BCUT2D eigenvalue weighted by atomic mass is 9.93. The van der Waals surface area contributed by atoms with Gasteiger partial charge >= 0.3 is 0 Å². The van der Waals surface area contributed by atoms with Gasteiger partial charge in [-0.3, -0.25) is 0 Å².